The summed E-state index contributed by atoms with van der Waals surface area (Å²) < 4.78 is 0. The second-order valence-electron chi connectivity index (χ2n) is 7.80. The van der Waals surface area contributed by atoms with Crippen LogP contribution in [0.2, 0.25) is 0 Å². The number of nitrogens with zero attached hydrogens (tertiary/aromatic N) is 1. The van der Waals surface area contributed by atoms with E-state index in [4.69, 9.17) is 17.2 Å². The minimum atomic E-state index is -1.24. The molecule has 3 amide bonds. The smallest absolute Gasteiger partial charge is 0.326 e. The summed E-state index contributed by atoms with van der Waals surface area (Å²) in [6.07, 6.45) is 0.460. The van der Waals surface area contributed by atoms with Crippen LogP contribution in [0.5, 0.6) is 5.75 Å². The van der Waals surface area contributed by atoms with Crippen LogP contribution in [0.25, 0.3) is 0 Å². The fourth-order valence-corrected chi connectivity index (χ4v) is 2.82. The number of benzene rings is 1. The summed E-state index contributed by atoms with van der Waals surface area (Å²) in [5.41, 5.74) is 16.7. The maximum absolute atomic E-state index is 12.8. The summed E-state index contributed by atoms with van der Waals surface area (Å²) in [6.45, 7) is 3.04. The number of aromatic hydroxyl groups is 1. The van der Waals surface area contributed by atoms with Gasteiger partial charge in [-0.15, -0.1) is 0 Å². The zero-order valence-corrected chi connectivity index (χ0v) is 19.2. The average Bonchev–Trinajstić information content (AvgIpc) is 2.75. The molecule has 0 spiro atoms. The molecule has 4 atom stereocenters. The Morgan fingerprint density at radius 3 is 2.06 bits per heavy atom. The third kappa shape index (κ3) is 10.2. The Bertz CT molecular complexity index is 884. The van der Waals surface area contributed by atoms with Gasteiger partial charge in [0.2, 0.25) is 17.7 Å². The predicted octanol–water partition coefficient (Wildman–Crippen LogP) is -2.11. The van der Waals surface area contributed by atoms with Gasteiger partial charge in [-0.3, -0.25) is 19.4 Å². The molecule has 0 fully saturated rings. The number of phenolic OH excluding ortho intramolecular Hbond substituents is 1. The van der Waals surface area contributed by atoms with Crippen LogP contribution in [0, 0.1) is 0 Å². The number of hydrogen-bond acceptors (Lipinski definition) is 7. The number of aliphatic carboxylic acids is 1. The SMILES string of the molecule is CC(N)C(=O)NC(Cc1ccc(O)cc1)C(=O)NC(C)C(=O)NC(CCCN=C(N)N)C(=O)O. The van der Waals surface area contributed by atoms with Crippen LogP contribution in [-0.4, -0.2) is 70.6 Å². The number of phenols is 1. The first kappa shape index (κ1) is 28.2. The number of nitrogens with one attached hydrogen (secondary N) is 3. The molecule has 0 saturated carbocycles. The average molecular weight is 480 g/mol. The molecule has 13 heteroatoms. The number of amides is 3. The number of carbonyl (C=O) groups is 4. The van der Waals surface area contributed by atoms with Gasteiger partial charge in [0.25, 0.3) is 0 Å². The van der Waals surface area contributed by atoms with Gasteiger partial charge in [0.15, 0.2) is 5.96 Å². The van der Waals surface area contributed by atoms with Gasteiger partial charge in [-0.2, -0.15) is 0 Å². The van der Waals surface area contributed by atoms with Crippen molar-refractivity contribution >= 4 is 29.7 Å². The third-order valence-corrected chi connectivity index (χ3v) is 4.73. The van der Waals surface area contributed by atoms with E-state index >= 15 is 0 Å². The van der Waals surface area contributed by atoms with Gasteiger partial charge in [0, 0.05) is 13.0 Å². The summed E-state index contributed by atoms with van der Waals surface area (Å²) in [6, 6.07) is 1.82. The number of nitrogens with two attached hydrogens (primary N) is 3. The molecular weight excluding hydrogens is 446 g/mol. The van der Waals surface area contributed by atoms with Gasteiger partial charge in [0.05, 0.1) is 6.04 Å². The molecule has 0 heterocycles. The lowest BCUT2D eigenvalue weighted by atomic mass is 10.0. The second kappa shape index (κ2) is 13.6. The fourth-order valence-electron chi connectivity index (χ4n) is 2.82. The predicted molar refractivity (Wildman–Crippen MR) is 124 cm³/mol. The zero-order valence-electron chi connectivity index (χ0n) is 19.2. The highest BCUT2D eigenvalue weighted by Crippen LogP contribution is 2.12. The molecule has 0 radical (unpaired) electrons. The molecule has 4 unspecified atom stereocenters. The van der Waals surface area contributed by atoms with Crippen molar-refractivity contribution in [1.29, 1.82) is 0 Å². The van der Waals surface area contributed by atoms with E-state index in [2.05, 4.69) is 20.9 Å². The summed E-state index contributed by atoms with van der Waals surface area (Å²) in [7, 11) is 0. The van der Waals surface area contributed by atoms with Gasteiger partial charge in [-0.25, -0.2) is 4.79 Å². The fraction of sp³-hybridized carbons (Fsp3) is 0.476. The molecular formula is C21H33N7O6. The molecule has 0 saturated heterocycles. The van der Waals surface area contributed by atoms with E-state index in [-0.39, 0.29) is 31.1 Å². The molecule has 0 aliphatic carbocycles. The molecule has 1 aromatic rings. The Hall–Kier alpha value is -3.87. The van der Waals surface area contributed by atoms with Gasteiger partial charge in [0.1, 0.15) is 23.9 Å². The molecule has 11 N–H and O–H groups in total. The summed E-state index contributed by atoms with van der Waals surface area (Å²) in [5.74, 6) is -3.27. The molecule has 1 rings (SSSR count). The van der Waals surface area contributed by atoms with E-state index in [0.717, 1.165) is 0 Å². The van der Waals surface area contributed by atoms with E-state index in [1.165, 1.54) is 26.0 Å². The number of carboxylic acids is 1. The van der Waals surface area contributed by atoms with Crippen molar-refractivity contribution in [3.8, 4) is 5.75 Å². The molecule has 1 aromatic carbocycles. The van der Waals surface area contributed by atoms with Crippen LogP contribution in [-0.2, 0) is 25.6 Å². The van der Waals surface area contributed by atoms with Crippen molar-refractivity contribution in [2.75, 3.05) is 6.54 Å². The topological polar surface area (TPSA) is 235 Å². The van der Waals surface area contributed by atoms with Crippen molar-refractivity contribution in [3.63, 3.8) is 0 Å². The van der Waals surface area contributed by atoms with Crippen molar-refractivity contribution in [2.24, 2.45) is 22.2 Å². The molecule has 0 aliphatic heterocycles. The molecule has 0 bridgehead atoms. The largest absolute Gasteiger partial charge is 0.508 e. The summed E-state index contributed by atoms with van der Waals surface area (Å²) in [5, 5.41) is 26.2. The van der Waals surface area contributed by atoms with Gasteiger partial charge in [-0.05, 0) is 44.4 Å². The normalized spacial score (nSPS) is 14.1. The van der Waals surface area contributed by atoms with Crippen LogP contribution < -0.4 is 33.2 Å². The minimum absolute atomic E-state index is 0.0425. The highest BCUT2D eigenvalue weighted by molar-refractivity contribution is 5.94. The van der Waals surface area contributed by atoms with E-state index in [1.54, 1.807) is 12.1 Å². The highest BCUT2D eigenvalue weighted by atomic mass is 16.4. The first-order valence-corrected chi connectivity index (χ1v) is 10.6. The lowest BCUT2D eigenvalue weighted by Gasteiger charge is -2.23. The number of guanidine groups is 1. The number of aliphatic imine (C=N–C) groups is 1. The number of hydrogen-bond donors (Lipinski definition) is 8. The lowest BCUT2D eigenvalue weighted by molar-refractivity contribution is -0.142. The van der Waals surface area contributed by atoms with Crippen molar-refractivity contribution in [1.82, 2.24) is 16.0 Å². The highest BCUT2D eigenvalue weighted by Gasteiger charge is 2.27. The Morgan fingerprint density at radius 2 is 1.53 bits per heavy atom. The Morgan fingerprint density at radius 1 is 0.941 bits per heavy atom. The monoisotopic (exact) mass is 479 g/mol. The lowest BCUT2D eigenvalue weighted by Crippen LogP contribution is -2.56. The number of rotatable bonds is 13. The van der Waals surface area contributed by atoms with Gasteiger partial charge < -0.3 is 43.4 Å². The maximum Gasteiger partial charge on any atom is 0.326 e. The Balaban J connectivity index is 2.81. The zero-order chi connectivity index (χ0) is 25.8. The van der Waals surface area contributed by atoms with Crippen molar-refractivity contribution in [2.45, 2.75) is 57.3 Å². The first-order valence-electron chi connectivity index (χ1n) is 10.6. The van der Waals surface area contributed by atoms with Crippen LogP contribution >= 0.6 is 0 Å². The molecule has 34 heavy (non-hydrogen) atoms. The van der Waals surface area contributed by atoms with E-state index < -0.39 is 47.9 Å². The number of carboxylic acid groups (broad SMARTS) is 1. The van der Waals surface area contributed by atoms with E-state index in [1.807, 2.05) is 0 Å². The van der Waals surface area contributed by atoms with Gasteiger partial charge in [-0.1, -0.05) is 12.1 Å². The Kier molecular flexibility index (Phi) is 11.3. The van der Waals surface area contributed by atoms with Gasteiger partial charge >= 0.3 is 5.97 Å². The number of carbonyl (C=O) groups excluding carboxylic acids is 3. The second-order valence-corrected chi connectivity index (χ2v) is 7.80. The summed E-state index contributed by atoms with van der Waals surface area (Å²) in [4.78, 5) is 52.6. The molecule has 0 aliphatic rings. The van der Waals surface area contributed by atoms with Crippen LogP contribution in [0.3, 0.4) is 0 Å². The Labute approximate surface area is 197 Å². The van der Waals surface area contributed by atoms with Crippen molar-refractivity contribution in [3.05, 3.63) is 29.8 Å². The van der Waals surface area contributed by atoms with Crippen LogP contribution in [0.15, 0.2) is 29.3 Å². The van der Waals surface area contributed by atoms with Crippen molar-refractivity contribution < 1.29 is 29.4 Å². The van der Waals surface area contributed by atoms with E-state index in [0.29, 0.717) is 12.0 Å². The van der Waals surface area contributed by atoms with E-state index in [9.17, 15) is 29.4 Å². The molecule has 13 nitrogen and oxygen atoms in total. The molecule has 188 valence electrons. The third-order valence-electron chi connectivity index (χ3n) is 4.73. The van der Waals surface area contributed by atoms with Crippen LogP contribution in [0.1, 0.15) is 32.3 Å². The maximum atomic E-state index is 12.8. The van der Waals surface area contributed by atoms with Crippen LogP contribution in [0.4, 0.5) is 0 Å². The summed E-state index contributed by atoms with van der Waals surface area (Å²) >= 11 is 0. The standard InChI is InChI=1S/C21H33N7O6/c1-11(22)17(30)28-16(10-13-5-7-14(29)8-6-13)19(32)26-12(2)18(31)27-15(20(33)34)4-3-9-25-21(23)24/h5-8,11-12,15-16,29H,3-4,9-10,22H2,1-2H3,(H,26,32)(H,27,31)(H,28,30)(H,33,34)(H4,23,24,25). The first-order chi connectivity index (χ1) is 15.9. The minimum Gasteiger partial charge on any atom is -0.508 e. The quantitative estimate of drug-likeness (QED) is 0.0876. The molecule has 0 aromatic heterocycles.